The molecule has 2 heterocycles. The van der Waals surface area contributed by atoms with Crippen molar-refractivity contribution >= 4 is 23.6 Å². The standard InChI is InChI=1S/C12H9N3O3S/c13-10(16)7-3-4-9(15-6-7)19-11-8(12(17)18)2-1-5-14-11/h1-6H,(H2,13,16)(H,17,18). The first kappa shape index (κ1) is 13.0. The molecule has 0 aliphatic rings. The molecule has 0 atom stereocenters. The van der Waals surface area contributed by atoms with Gasteiger partial charge in [-0.1, -0.05) is 0 Å². The van der Waals surface area contributed by atoms with Gasteiger partial charge in [0.1, 0.15) is 10.1 Å². The largest absolute Gasteiger partial charge is 0.478 e. The van der Waals surface area contributed by atoms with Gasteiger partial charge in [-0.3, -0.25) is 4.79 Å². The first-order valence-electron chi connectivity index (χ1n) is 5.20. The Hall–Kier alpha value is -2.41. The van der Waals surface area contributed by atoms with Crippen molar-refractivity contribution in [2.45, 2.75) is 10.1 Å². The number of nitrogens with zero attached hydrogens (tertiary/aromatic N) is 2. The maximum absolute atomic E-state index is 11.0. The van der Waals surface area contributed by atoms with Crippen LogP contribution in [0.5, 0.6) is 0 Å². The highest BCUT2D eigenvalue weighted by Gasteiger charge is 2.12. The van der Waals surface area contributed by atoms with Crippen LogP contribution in [-0.2, 0) is 0 Å². The van der Waals surface area contributed by atoms with E-state index in [1.165, 1.54) is 24.5 Å². The molecule has 0 aliphatic heterocycles. The Bertz CT molecular complexity index is 628. The molecule has 0 spiro atoms. The lowest BCUT2D eigenvalue weighted by molar-refractivity contribution is 0.0692. The van der Waals surface area contributed by atoms with E-state index in [0.717, 1.165) is 11.8 Å². The van der Waals surface area contributed by atoms with E-state index in [0.29, 0.717) is 15.6 Å². The fraction of sp³-hybridized carbons (Fsp3) is 0. The molecule has 0 aliphatic carbocycles. The van der Waals surface area contributed by atoms with Crippen LogP contribution < -0.4 is 5.73 Å². The minimum Gasteiger partial charge on any atom is -0.478 e. The number of carbonyl (C=O) groups is 2. The summed E-state index contributed by atoms with van der Waals surface area (Å²) in [5.41, 5.74) is 5.50. The van der Waals surface area contributed by atoms with E-state index in [4.69, 9.17) is 10.8 Å². The van der Waals surface area contributed by atoms with Gasteiger partial charge in [-0.2, -0.15) is 0 Å². The topological polar surface area (TPSA) is 106 Å². The maximum Gasteiger partial charge on any atom is 0.338 e. The zero-order valence-corrected chi connectivity index (χ0v) is 10.4. The molecule has 1 amide bonds. The van der Waals surface area contributed by atoms with Gasteiger partial charge >= 0.3 is 5.97 Å². The van der Waals surface area contributed by atoms with Crippen molar-refractivity contribution in [3.8, 4) is 0 Å². The van der Waals surface area contributed by atoms with Gasteiger partial charge in [0.2, 0.25) is 5.91 Å². The zero-order valence-electron chi connectivity index (χ0n) is 9.61. The number of hydrogen-bond acceptors (Lipinski definition) is 5. The number of primary amides is 1. The second kappa shape index (κ2) is 5.49. The van der Waals surface area contributed by atoms with Gasteiger partial charge in [-0.15, -0.1) is 0 Å². The zero-order chi connectivity index (χ0) is 13.8. The molecule has 0 saturated heterocycles. The molecule has 2 aromatic heterocycles. The average Bonchev–Trinajstić information content (AvgIpc) is 2.39. The number of aromatic carboxylic acids is 1. The fourth-order valence-corrected chi connectivity index (χ4v) is 2.14. The Morgan fingerprint density at radius 3 is 2.58 bits per heavy atom. The smallest absolute Gasteiger partial charge is 0.338 e. The Kier molecular flexibility index (Phi) is 3.76. The predicted octanol–water partition coefficient (Wildman–Crippen LogP) is 1.42. The first-order valence-corrected chi connectivity index (χ1v) is 6.01. The van der Waals surface area contributed by atoms with Crippen molar-refractivity contribution in [2.75, 3.05) is 0 Å². The summed E-state index contributed by atoms with van der Waals surface area (Å²) >= 11 is 1.11. The van der Waals surface area contributed by atoms with Gasteiger partial charge < -0.3 is 10.8 Å². The van der Waals surface area contributed by atoms with Gasteiger partial charge in [-0.05, 0) is 36.0 Å². The minimum absolute atomic E-state index is 0.105. The number of amides is 1. The number of hydrogen-bond donors (Lipinski definition) is 2. The molecule has 0 saturated carbocycles. The molecule has 0 aromatic carbocycles. The molecular formula is C12H9N3O3S. The fourth-order valence-electron chi connectivity index (χ4n) is 1.32. The van der Waals surface area contributed by atoms with Crippen molar-refractivity contribution in [2.24, 2.45) is 5.73 Å². The van der Waals surface area contributed by atoms with Gasteiger partial charge in [0, 0.05) is 12.4 Å². The molecule has 19 heavy (non-hydrogen) atoms. The van der Waals surface area contributed by atoms with Gasteiger partial charge in [0.25, 0.3) is 0 Å². The number of nitrogens with two attached hydrogens (primary N) is 1. The lowest BCUT2D eigenvalue weighted by Gasteiger charge is -2.03. The maximum atomic E-state index is 11.0. The summed E-state index contributed by atoms with van der Waals surface area (Å²) in [7, 11) is 0. The van der Waals surface area contributed by atoms with E-state index in [2.05, 4.69) is 9.97 Å². The van der Waals surface area contributed by atoms with E-state index in [1.807, 2.05) is 0 Å². The lowest BCUT2D eigenvalue weighted by atomic mass is 10.3. The Morgan fingerprint density at radius 2 is 2.00 bits per heavy atom. The number of carboxylic acids is 1. The SMILES string of the molecule is NC(=O)c1ccc(Sc2ncccc2C(=O)O)nc1. The number of pyridine rings is 2. The Labute approximate surface area is 112 Å². The van der Waals surface area contributed by atoms with Crippen molar-refractivity contribution in [3.05, 3.63) is 47.8 Å². The molecule has 2 aromatic rings. The third kappa shape index (κ3) is 3.08. The van der Waals surface area contributed by atoms with Gasteiger partial charge in [-0.25, -0.2) is 14.8 Å². The van der Waals surface area contributed by atoms with Crippen LogP contribution in [-0.4, -0.2) is 27.0 Å². The molecule has 3 N–H and O–H groups in total. The third-order valence-corrected chi connectivity index (χ3v) is 3.19. The molecule has 0 bridgehead atoms. The molecule has 6 nitrogen and oxygen atoms in total. The van der Waals surface area contributed by atoms with Crippen LogP contribution in [0.25, 0.3) is 0 Å². The van der Waals surface area contributed by atoms with Crippen LogP contribution in [0.3, 0.4) is 0 Å². The predicted molar refractivity (Wildman–Crippen MR) is 68.1 cm³/mol. The van der Waals surface area contributed by atoms with E-state index in [-0.39, 0.29) is 5.56 Å². The van der Waals surface area contributed by atoms with Crippen molar-refractivity contribution < 1.29 is 14.7 Å². The normalized spacial score (nSPS) is 10.1. The third-order valence-electron chi connectivity index (χ3n) is 2.22. The van der Waals surface area contributed by atoms with Crippen molar-refractivity contribution in [1.29, 1.82) is 0 Å². The Balaban J connectivity index is 2.26. The monoisotopic (exact) mass is 275 g/mol. The quantitative estimate of drug-likeness (QED) is 0.874. The van der Waals surface area contributed by atoms with E-state index in [1.54, 1.807) is 12.1 Å². The summed E-state index contributed by atoms with van der Waals surface area (Å²) in [5, 5.41) is 9.90. The molecule has 96 valence electrons. The highest BCUT2D eigenvalue weighted by atomic mass is 32.2. The average molecular weight is 275 g/mol. The summed E-state index contributed by atoms with van der Waals surface area (Å²) in [6.07, 6.45) is 2.85. The Morgan fingerprint density at radius 1 is 1.21 bits per heavy atom. The van der Waals surface area contributed by atoms with Gasteiger partial charge in [0.05, 0.1) is 11.1 Å². The second-order valence-electron chi connectivity index (χ2n) is 3.51. The van der Waals surface area contributed by atoms with Crippen LogP contribution in [0.4, 0.5) is 0 Å². The lowest BCUT2D eigenvalue weighted by Crippen LogP contribution is -2.10. The number of carbonyl (C=O) groups excluding carboxylic acids is 1. The number of carboxylic acid groups (broad SMARTS) is 1. The number of rotatable bonds is 4. The molecule has 0 radical (unpaired) electrons. The van der Waals surface area contributed by atoms with E-state index in [9.17, 15) is 9.59 Å². The highest BCUT2D eigenvalue weighted by molar-refractivity contribution is 7.99. The highest BCUT2D eigenvalue weighted by Crippen LogP contribution is 2.26. The van der Waals surface area contributed by atoms with Crippen molar-refractivity contribution in [3.63, 3.8) is 0 Å². The minimum atomic E-state index is -1.05. The van der Waals surface area contributed by atoms with Crippen molar-refractivity contribution in [1.82, 2.24) is 9.97 Å². The number of aromatic nitrogens is 2. The van der Waals surface area contributed by atoms with Crippen LogP contribution >= 0.6 is 11.8 Å². The molecule has 7 heteroatoms. The summed E-state index contributed by atoms with van der Waals surface area (Å²) < 4.78 is 0. The summed E-state index contributed by atoms with van der Waals surface area (Å²) in [6.45, 7) is 0. The molecule has 0 fully saturated rings. The van der Waals surface area contributed by atoms with Crippen LogP contribution in [0.15, 0.2) is 46.7 Å². The molecule has 2 rings (SSSR count). The van der Waals surface area contributed by atoms with Gasteiger partial charge in [0.15, 0.2) is 0 Å². The molecular weight excluding hydrogens is 266 g/mol. The van der Waals surface area contributed by atoms with E-state index < -0.39 is 11.9 Å². The second-order valence-corrected chi connectivity index (χ2v) is 4.52. The van der Waals surface area contributed by atoms with Crippen LogP contribution in [0, 0.1) is 0 Å². The molecule has 0 unspecified atom stereocenters. The summed E-state index contributed by atoms with van der Waals surface area (Å²) in [4.78, 5) is 29.9. The summed E-state index contributed by atoms with van der Waals surface area (Å²) in [5.74, 6) is -1.61. The van der Waals surface area contributed by atoms with Crippen LogP contribution in [0.1, 0.15) is 20.7 Å². The van der Waals surface area contributed by atoms with E-state index >= 15 is 0 Å². The van der Waals surface area contributed by atoms with Crippen LogP contribution in [0.2, 0.25) is 0 Å². The first-order chi connectivity index (χ1) is 9.08. The summed E-state index contributed by atoms with van der Waals surface area (Å²) in [6, 6.07) is 6.14.